The molecule has 0 saturated heterocycles. The summed E-state index contributed by atoms with van der Waals surface area (Å²) in [5, 5.41) is 4.97. The van der Waals surface area contributed by atoms with Crippen LogP contribution in [0.2, 0.25) is 0 Å². The molecular weight excluding hydrogens is 372 g/mol. The van der Waals surface area contributed by atoms with Gasteiger partial charge >= 0.3 is 12.0 Å². The molecule has 3 amide bonds. The first-order valence-electron chi connectivity index (χ1n) is 8.70. The number of nitrogens with zero attached hydrogens (tertiary/aromatic N) is 2. The third kappa shape index (κ3) is 3.85. The smallest absolute Gasteiger partial charge is 0.349 e. The van der Waals surface area contributed by atoms with Gasteiger partial charge in [0, 0.05) is 19.5 Å². The molecule has 0 spiro atoms. The highest BCUT2D eigenvalue weighted by molar-refractivity contribution is 7.20. The molecule has 27 heavy (non-hydrogen) atoms. The first kappa shape index (κ1) is 19.0. The second-order valence-electron chi connectivity index (χ2n) is 6.20. The van der Waals surface area contributed by atoms with E-state index in [1.165, 1.54) is 0 Å². The van der Waals surface area contributed by atoms with Crippen molar-refractivity contribution < 1.29 is 19.1 Å². The van der Waals surface area contributed by atoms with Crippen LogP contribution in [-0.2, 0) is 22.5 Å². The number of amides is 3. The topological polar surface area (TPSA) is 119 Å². The molecule has 1 aliphatic heterocycles. The van der Waals surface area contributed by atoms with Gasteiger partial charge in [-0.05, 0) is 25.3 Å². The Morgan fingerprint density at radius 3 is 2.85 bits per heavy atom. The number of ether oxygens (including phenoxy) is 1. The van der Waals surface area contributed by atoms with Crippen molar-refractivity contribution in [3.8, 4) is 0 Å². The van der Waals surface area contributed by atoms with Gasteiger partial charge in [-0.15, -0.1) is 11.3 Å². The summed E-state index contributed by atoms with van der Waals surface area (Å²) in [6.07, 6.45) is 2.36. The van der Waals surface area contributed by atoms with Crippen LogP contribution in [0.3, 0.4) is 0 Å². The summed E-state index contributed by atoms with van der Waals surface area (Å²) < 4.78 is 6.63. The van der Waals surface area contributed by atoms with Crippen molar-refractivity contribution in [3.05, 3.63) is 26.6 Å². The predicted molar refractivity (Wildman–Crippen MR) is 99.1 cm³/mol. The summed E-state index contributed by atoms with van der Waals surface area (Å²) in [5.41, 5.74) is 0.353. The summed E-state index contributed by atoms with van der Waals surface area (Å²) in [6, 6.07) is -0.636. The first-order chi connectivity index (χ1) is 12.9. The van der Waals surface area contributed by atoms with Crippen LogP contribution >= 0.6 is 11.3 Å². The molecule has 0 aromatic carbocycles. The number of hydrogen-bond acceptors (Lipinski definition) is 7. The van der Waals surface area contributed by atoms with E-state index in [0.29, 0.717) is 28.9 Å². The first-order valence-corrected chi connectivity index (χ1v) is 9.51. The Morgan fingerprint density at radius 2 is 2.11 bits per heavy atom. The highest BCUT2D eigenvalue weighted by Crippen LogP contribution is 2.29. The molecule has 0 radical (unpaired) electrons. The number of urea groups is 1. The van der Waals surface area contributed by atoms with E-state index in [1.807, 2.05) is 6.92 Å². The molecule has 0 bridgehead atoms. The van der Waals surface area contributed by atoms with Crippen LogP contribution in [0, 0.1) is 6.92 Å². The van der Waals surface area contributed by atoms with Crippen LogP contribution in [0.4, 0.5) is 4.79 Å². The lowest BCUT2D eigenvalue weighted by molar-refractivity contribution is -0.123. The molecule has 0 atom stereocenters. The number of hydrogen-bond donors (Lipinski definition) is 2. The number of fused-ring (bicyclic) bond motifs is 2. The van der Waals surface area contributed by atoms with E-state index in [9.17, 15) is 19.2 Å². The summed E-state index contributed by atoms with van der Waals surface area (Å²) in [4.78, 5) is 53.3. The van der Waals surface area contributed by atoms with Crippen molar-refractivity contribution in [1.82, 2.24) is 20.2 Å². The minimum atomic E-state index is -0.729. The minimum absolute atomic E-state index is 0.148. The van der Waals surface area contributed by atoms with Gasteiger partial charge in [-0.25, -0.2) is 14.6 Å². The minimum Gasteiger partial charge on any atom is -0.451 e. The highest BCUT2D eigenvalue weighted by atomic mass is 32.1. The van der Waals surface area contributed by atoms with Crippen molar-refractivity contribution in [2.45, 2.75) is 39.7 Å². The van der Waals surface area contributed by atoms with E-state index in [4.69, 9.17) is 4.74 Å². The highest BCUT2D eigenvalue weighted by Gasteiger charge is 2.24. The zero-order valence-corrected chi connectivity index (χ0v) is 15.9. The summed E-state index contributed by atoms with van der Waals surface area (Å²) >= 11 is 1.08. The standard InChI is InChI=1S/C17H20N4O5S/c1-3-6-18-17(25)20-11(22)8-26-16(24)13-9(2)12-14(27-13)19-10-5-4-7-21(10)15(12)23/h3-8H2,1-2H3,(H2,18,20,22,25). The van der Waals surface area contributed by atoms with E-state index in [1.54, 1.807) is 11.5 Å². The van der Waals surface area contributed by atoms with Crippen molar-refractivity contribution in [3.63, 3.8) is 0 Å². The average molecular weight is 392 g/mol. The number of carbonyl (C=O) groups excluding carboxylic acids is 3. The maximum Gasteiger partial charge on any atom is 0.349 e. The fourth-order valence-corrected chi connectivity index (χ4v) is 4.00. The van der Waals surface area contributed by atoms with Crippen molar-refractivity contribution >= 4 is 39.5 Å². The normalized spacial score (nSPS) is 12.7. The summed E-state index contributed by atoms with van der Waals surface area (Å²) in [6.45, 7) is 4.03. The number of imide groups is 1. The molecule has 2 N–H and O–H groups in total. The lowest BCUT2D eigenvalue weighted by Gasteiger charge is -2.06. The Morgan fingerprint density at radius 1 is 1.33 bits per heavy atom. The van der Waals surface area contributed by atoms with E-state index >= 15 is 0 Å². The predicted octanol–water partition coefficient (Wildman–Crippen LogP) is 1.11. The van der Waals surface area contributed by atoms with Gasteiger partial charge in [-0.3, -0.25) is 19.5 Å². The van der Waals surface area contributed by atoms with Crippen LogP contribution < -0.4 is 16.2 Å². The van der Waals surface area contributed by atoms with E-state index in [0.717, 1.165) is 36.4 Å². The van der Waals surface area contributed by atoms with Gasteiger partial charge in [0.1, 0.15) is 15.5 Å². The van der Waals surface area contributed by atoms with Crippen LogP contribution in [-0.4, -0.2) is 40.6 Å². The van der Waals surface area contributed by atoms with Gasteiger partial charge in [0.05, 0.1) is 5.39 Å². The largest absolute Gasteiger partial charge is 0.451 e. The Bertz CT molecular complexity index is 978. The van der Waals surface area contributed by atoms with Gasteiger partial charge in [-0.2, -0.15) is 0 Å². The molecule has 0 unspecified atom stereocenters. The average Bonchev–Trinajstić information content (AvgIpc) is 3.23. The molecule has 2 aromatic heterocycles. The van der Waals surface area contributed by atoms with Gasteiger partial charge in [0.2, 0.25) is 0 Å². The molecule has 144 valence electrons. The molecule has 3 rings (SSSR count). The fourth-order valence-electron chi connectivity index (χ4n) is 2.91. The van der Waals surface area contributed by atoms with Crippen LogP contribution in [0.25, 0.3) is 10.2 Å². The number of esters is 1. The monoisotopic (exact) mass is 392 g/mol. The van der Waals surface area contributed by atoms with Gasteiger partial charge < -0.3 is 10.1 Å². The van der Waals surface area contributed by atoms with Crippen LogP contribution in [0.5, 0.6) is 0 Å². The molecule has 10 heteroatoms. The summed E-state index contributed by atoms with van der Waals surface area (Å²) in [7, 11) is 0. The van der Waals surface area contributed by atoms with Crippen LogP contribution in [0.15, 0.2) is 4.79 Å². The van der Waals surface area contributed by atoms with E-state index in [2.05, 4.69) is 15.6 Å². The van der Waals surface area contributed by atoms with Crippen molar-refractivity contribution in [1.29, 1.82) is 0 Å². The summed E-state index contributed by atoms with van der Waals surface area (Å²) in [5.74, 6) is -0.719. The van der Waals surface area contributed by atoms with E-state index < -0.39 is 24.5 Å². The molecule has 0 saturated carbocycles. The van der Waals surface area contributed by atoms with E-state index in [-0.39, 0.29) is 10.4 Å². The quantitative estimate of drug-likeness (QED) is 0.736. The lowest BCUT2D eigenvalue weighted by Crippen LogP contribution is -2.41. The molecule has 2 aromatic rings. The second-order valence-corrected chi connectivity index (χ2v) is 7.20. The van der Waals surface area contributed by atoms with Crippen molar-refractivity contribution in [2.75, 3.05) is 13.2 Å². The SMILES string of the molecule is CCCNC(=O)NC(=O)COC(=O)c1sc2nc3n(c(=O)c2c1C)CCC3. The van der Waals surface area contributed by atoms with Gasteiger partial charge in [-0.1, -0.05) is 6.92 Å². The number of rotatable bonds is 5. The number of aryl methyl sites for hydroxylation is 2. The third-order valence-electron chi connectivity index (χ3n) is 4.22. The molecule has 0 fully saturated rings. The van der Waals surface area contributed by atoms with Crippen LogP contribution in [0.1, 0.15) is 40.8 Å². The van der Waals surface area contributed by atoms with Gasteiger partial charge in [0.15, 0.2) is 6.61 Å². The molecule has 3 heterocycles. The zero-order chi connectivity index (χ0) is 19.6. The van der Waals surface area contributed by atoms with Gasteiger partial charge in [0.25, 0.3) is 11.5 Å². The maximum absolute atomic E-state index is 12.6. The number of carbonyl (C=O) groups is 3. The fraction of sp³-hybridized carbons (Fsp3) is 0.471. The number of nitrogens with one attached hydrogen (secondary N) is 2. The zero-order valence-electron chi connectivity index (χ0n) is 15.1. The van der Waals surface area contributed by atoms with Crippen molar-refractivity contribution in [2.24, 2.45) is 0 Å². The third-order valence-corrected chi connectivity index (χ3v) is 5.39. The maximum atomic E-state index is 12.6. The molecule has 1 aliphatic rings. The Balaban J connectivity index is 1.70. The second kappa shape index (κ2) is 7.87. The molecule has 0 aliphatic carbocycles. The molecule has 9 nitrogen and oxygen atoms in total. The number of thiophene rings is 1. The lowest BCUT2D eigenvalue weighted by atomic mass is 10.2. The molecular formula is C17H20N4O5S. The Hall–Kier alpha value is -2.75. The Labute approximate surface area is 158 Å². The Kier molecular flexibility index (Phi) is 5.54. The number of aromatic nitrogens is 2.